The molecule has 1 aromatic carbocycles. The van der Waals surface area contributed by atoms with Gasteiger partial charge in [-0.2, -0.15) is 0 Å². The number of hydrogen-bond donors (Lipinski definition) is 0. The van der Waals surface area contributed by atoms with Crippen LogP contribution >= 0.6 is 0 Å². The molecule has 0 saturated carbocycles. The lowest BCUT2D eigenvalue weighted by atomic mass is 10.2. The molecule has 0 unspecified atom stereocenters. The molecule has 0 aliphatic carbocycles. The summed E-state index contributed by atoms with van der Waals surface area (Å²) >= 11 is 0. The van der Waals surface area contributed by atoms with Crippen LogP contribution in [0.25, 0.3) is 0 Å². The van der Waals surface area contributed by atoms with E-state index < -0.39 is 0 Å². The summed E-state index contributed by atoms with van der Waals surface area (Å²) in [6.45, 7) is 1.49. The van der Waals surface area contributed by atoms with Gasteiger partial charge in [0.1, 0.15) is 0 Å². The maximum atomic E-state index is 11.5. The maximum absolute atomic E-state index is 11.5. The van der Waals surface area contributed by atoms with Gasteiger partial charge in [-0.3, -0.25) is 4.90 Å². The van der Waals surface area contributed by atoms with E-state index in [0.717, 1.165) is 17.9 Å². The van der Waals surface area contributed by atoms with Crippen LogP contribution in [-0.4, -0.2) is 33.3 Å². The van der Waals surface area contributed by atoms with E-state index in [-0.39, 0.29) is 6.09 Å². The summed E-state index contributed by atoms with van der Waals surface area (Å²) in [5.41, 5.74) is 1.98. The molecular weight excluding hydrogens is 192 g/mol. The second-order valence-corrected chi connectivity index (χ2v) is 3.53. The number of benzene rings is 1. The molecule has 80 valence electrons. The average Bonchev–Trinajstić information content (AvgIpc) is 2.29. The zero-order valence-corrected chi connectivity index (χ0v) is 8.93. The molecule has 1 aliphatic heterocycles. The third-order valence-electron chi connectivity index (χ3n) is 2.64. The van der Waals surface area contributed by atoms with Crippen LogP contribution in [0.5, 0.6) is 0 Å². The number of likely N-dealkylation sites (N-methyl/N-ethyl adjacent to an activating group) is 1. The summed E-state index contributed by atoms with van der Waals surface area (Å²) in [4.78, 5) is 15.3. The number of amides is 1. The summed E-state index contributed by atoms with van der Waals surface area (Å²) in [6, 6.07) is 7.83. The maximum Gasteiger partial charge on any atom is 0.414 e. The Bertz CT molecular complexity index is 379. The van der Waals surface area contributed by atoms with Crippen LogP contribution in [0.4, 0.5) is 16.2 Å². The van der Waals surface area contributed by atoms with Gasteiger partial charge in [0.25, 0.3) is 0 Å². The number of para-hydroxylation sites is 2. The summed E-state index contributed by atoms with van der Waals surface area (Å²) in [5, 5.41) is 0. The molecule has 0 saturated heterocycles. The van der Waals surface area contributed by atoms with Crippen molar-refractivity contribution in [1.29, 1.82) is 0 Å². The van der Waals surface area contributed by atoms with Crippen LogP contribution in [0.3, 0.4) is 0 Å². The molecule has 0 atom stereocenters. The summed E-state index contributed by atoms with van der Waals surface area (Å²) < 4.78 is 4.75. The second kappa shape index (κ2) is 3.81. The number of fused-ring (bicyclic) bond motifs is 1. The lowest BCUT2D eigenvalue weighted by Gasteiger charge is -2.34. The summed E-state index contributed by atoms with van der Waals surface area (Å²) in [6.07, 6.45) is -0.296. The first-order chi connectivity index (χ1) is 7.24. The molecule has 0 radical (unpaired) electrons. The molecule has 0 bridgehead atoms. The highest BCUT2D eigenvalue weighted by atomic mass is 16.5. The van der Waals surface area contributed by atoms with E-state index in [1.807, 2.05) is 31.3 Å². The van der Waals surface area contributed by atoms with Crippen LogP contribution in [0.2, 0.25) is 0 Å². The van der Waals surface area contributed by atoms with Crippen molar-refractivity contribution in [2.45, 2.75) is 0 Å². The number of carbonyl (C=O) groups excluding carboxylic acids is 1. The lowest BCUT2D eigenvalue weighted by Crippen LogP contribution is -2.42. The number of anilines is 2. The van der Waals surface area contributed by atoms with E-state index in [1.54, 1.807) is 4.90 Å². The number of ether oxygens (including phenoxy) is 1. The Balaban J connectivity index is 2.40. The van der Waals surface area contributed by atoms with Gasteiger partial charge in [0, 0.05) is 20.1 Å². The molecule has 2 rings (SSSR count). The topological polar surface area (TPSA) is 32.8 Å². The van der Waals surface area contributed by atoms with E-state index >= 15 is 0 Å². The normalized spacial score (nSPS) is 14.8. The van der Waals surface area contributed by atoms with Crippen molar-refractivity contribution in [3.63, 3.8) is 0 Å². The molecule has 0 spiro atoms. The zero-order chi connectivity index (χ0) is 10.8. The lowest BCUT2D eigenvalue weighted by molar-refractivity contribution is 0.178. The van der Waals surface area contributed by atoms with E-state index in [1.165, 1.54) is 7.11 Å². The molecule has 4 heteroatoms. The van der Waals surface area contributed by atoms with Gasteiger partial charge < -0.3 is 9.64 Å². The third kappa shape index (κ3) is 1.63. The Kier molecular flexibility index (Phi) is 2.49. The fourth-order valence-electron chi connectivity index (χ4n) is 1.81. The highest BCUT2D eigenvalue weighted by molar-refractivity contribution is 5.93. The van der Waals surface area contributed by atoms with Crippen LogP contribution < -0.4 is 9.80 Å². The van der Waals surface area contributed by atoms with Crippen molar-refractivity contribution in [3.05, 3.63) is 24.3 Å². The van der Waals surface area contributed by atoms with Crippen molar-refractivity contribution in [2.75, 3.05) is 37.0 Å². The van der Waals surface area contributed by atoms with Crippen LogP contribution in [0.1, 0.15) is 0 Å². The minimum Gasteiger partial charge on any atom is -0.452 e. The van der Waals surface area contributed by atoms with E-state index in [0.29, 0.717) is 6.54 Å². The first-order valence-electron chi connectivity index (χ1n) is 4.89. The second-order valence-electron chi connectivity index (χ2n) is 3.53. The van der Waals surface area contributed by atoms with Crippen molar-refractivity contribution in [2.24, 2.45) is 0 Å². The summed E-state index contributed by atoms with van der Waals surface area (Å²) in [7, 11) is 3.43. The minimum absolute atomic E-state index is 0.296. The van der Waals surface area contributed by atoms with Gasteiger partial charge >= 0.3 is 6.09 Å². The fraction of sp³-hybridized carbons (Fsp3) is 0.364. The summed E-state index contributed by atoms with van der Waals surface area (Å²) in [5.74, 6) is 0. The van der Waals surface area contributed by atoms with Gasteiger partial charge in [0.05, 0.1) is 18.5 Å². The zero-order valence-electron chi connectivity index (χ0n) is 8.93. The van der Waals surface area contributed by atoms with Gasteiger partial charge in [-0.15, -0.1) is 0 Å². The first-order valence-corrected chi connectivity index (χ1v) is 4.89. The minimum atomic E-state index is -0.296. The Morgan fingerprint density at radius 1 is 1.27 bits per heavy atom. The largest absolute Gasteiger partial charge is 0.452 e. The average molecular weight is 206 g/mol. The number of hydrogen-bond acceptors (Lipinski definition) is 3. The molecule has 0 N–H and O–H groups in total. The predicted molar refractivity (Wildman–Crippen MR) is 59.5 cm³/mol. The van der Waals surface area contributed by atoms with E-state index in [2.05, 4.69) is 4.90 Å². The van der Waals surface area contributed by atoms with Crippen molar-refractivity contribution in [3.8, 4) is 0 Å². The Morgan fingerprint density at radius 3 is 2.60 bits per heavy atom. The van der Waals surface area contributed by atoms with Gasteiger partial charge in [0.2, 0.25) is 0 Å². The Labute approximate surface area is 89.0 Å². The molecule has 1 heterocycles. The smallest absolute Gasteiger partial charge is 0.414 e. The Morgan fingerprint density at radius 2 is 1.93 bits per heavy atom. The third-order valence-corrected chi connectivity index (χ3v) is 2.64. The molecule has 1 aliphatic rings. The molecule has 4 nitrogen and oxygen atoms in total. The van der Waals surface area contributed by atoms with Crippen LogP contribution in [0, 0.1) is 0 Å². The molecule has 15 heavy (non-hydrogen) atoms. The monoisotopic (exact) mass is 206 g/mol. The van der Waals surface area contributed by atoms with Crippen LogP contribution in [-0.2, 0) is 4.74 Å². The number of carbonyl (C=O) groups is 1. The van der Waals surface area contributed by atoms with E-state index in [4.69, 9.17) is 4.74 Å². The van der Waals surface area contributed by atoms with Crippen molar-refractivity contribution >= 4 is 17.5 Å². The molecule has 1 aromatic rings. The number of nitrogens with zero attached hydrogens (tertiary/aromatic N) is 2. The van der Waals surface area contributed by atoms with Crippen molar-refractivity contribution in [1.82, 2.24) is 0 Å². The fourth-order valence-corrected chi connectivity index (χ4v) is 1.81. The highest BCUT2D eigenvalue weighted by Gasteiger charge is 2.24. The first kappa shape index (κ1) is 9.83. The van der Waals surface area contributed by atoms with Crippen molar-refractivity contribution < 1.29 is 9.53 Å². The standard InChI is InChI=1S/C11H14N2O2/c1-12-7-8-13(11(14)15-2)10-6-4-3-5-9(10)12/h3-6H,7-8H2,1-2H3. The number of methoxy groups -OCH3 is 1. The number of rotatable bonds is 0. The predicted octanol–water partition coefficient (Wildman–Crippen LogP) is 1.71. The van der Waals surface area contributed by atoms with E-state index in [9.17, 15) is 4.79 Å². The Hall–Kier alpha value is -1.71. The molecule has 0 aromatic heterocycles. The van der Waals surface area contributed by atoms with Crippen LogP contribution in [0.15, 0.2) is 24.3 Å². The quantitative estimate of drug-likeness (QED) is 0.647. The van der Waals surface area contributed by atoms with Gasteiger partial charge in [0.15, 0.2) is 0 Å². The SMILES string of the molecule is COC(=O)N1CCN(C)c2ccccc21. The highest BCUT2D eigenvalue weighted by Crippen LogP contribution is 2.31. The molecule has 0 fully saturated rings. The van der Waals surface area contributed by atoms with Gasteiger partial charge in [-0.1, -0.05) is 12.1 Å². The molecular formula is C11H14N2O2. The van der Waals surface area contributed by atoms with Gasteiger partial charge in [-0.05, 0) is 12.1 Å². The van der Waals surface area contributed by atoms with Gasteiger partial charge in [-0.25, -0.2) is 4.79 Å². The molecule has 1 amide bonds.